The maximum absolute atomic E-state index is 12.3. The molecule has 1 saturated carbocycles. The van der Waals surface area contributed by atoms with E-state index in [0.717, 1.165) is 44.8 Å². The number of aryl methyl sites for hydroxylation is 2. The van der Waals surface area contributed by atoms with Crippen LogP contribution in [0.4, 0.5) is 4.79 Å². The van der Waals surface area contributed by atoms with Crippen LogP contribution in [0.1, 0.15) is 41.8 Å². The zero-order valence-electron chi connectivity index (χ0n) is 14.7. The molecule has 1 aliphatic rings. The summed E-state index contributed by atoms with van der Waals surface area (Å²) in [5.74, 6) is 0. The molecule has 0 N–H and O–H groups in total. The number of rotatable bonds is 4. The van der Waals surface area contributed by atoms with Crippen molar-refractivity contribution in [1.29, 1.82) is 0 Å². The normalized spacial score (nSPS) is 14.7. The van der Waals surface area contributed by atoms with Crippen LogP contribution in [0.3, 0.4) is 0 Å². The second-order valence-corrected chi connectivity index (χ2v) is 8.27. The molecular weight excluding hydrogens is 402 g/mol. The fourth-order valence-corrected chi connectivity index (χ4v) is 4.03. The SMILES string of the molecule is Cc1nc(-c2nsc(C)c2COC(=O)N(C)C2CCCC2)ccc1Br. The first-order valence-electron chi connectivity index (χ1n) is 8.45. The summed E-state index contributed by atoms with van der Waals surface area (Å²) in [6.45, 7) is 4.17. The summed E-state index contributed by atoms with van der Waals surface area (Å²) in [6, 6.07) is 4.21. The Labute approximate surface area is 160 Å². The van der Waals surface area contributed by atoms with Gasteiger partial charge in [0.15, 0.2) is 0 Å². The van der Waals surface area contributed by atoms with Crippen molar-refractivity contribution >= 4 is 33.6 Å². The summed E-state index contributed by atoms with van der Waals surface area (Å²) in [5, 5.41) is 0. The molecule has 1 fully saturated rings. The van der Waals surface area contributed by atoms with Gasteiger partial charge in [-0.25, -0.2) is 4.79 Å². The first kappa shape index (κ1) is 18.3. The number of amides is 1. The number of nitrogens with zero attached hydrogens (tertiary/aromatic N) is 3. The summed E-state index contributed by atoms with van der Waals surface area (Å²) in [4.78, 5) is 19.7. The maximum Gasteiger partial charge on any atom is 0.410 e. The Morgan fingerprint density at radius 3 is 2.76 bits per heavy atom. The van der Waals surface area contributed by atoms with Crippen molar-refractivity contribution in [2.75, 3.05) is 7.05 Å². The van der Waals surface area contributed by atoms with Crippen molar-refractivity contribution in [2.24, 2.45) is 0 Å². The van der Waals surface area contributed by atoms with Gasteiger partial charge in [-0.15, -0.1) is 0 Å². The smallest absolute Gasteiger partial charge is 0.410 e. The molecule has 0 bridgehead atoms. The molecular formula is C18H22BrN3O2S. The van der Waals surface area contributed by atoms with E-state index in [4.69, 9.17) is 4.74 Å². The summed E-state index contributed by atoms with van der Waals surface area (Å²) in [6.07, 6.45) is 4.25. The molecule has 7 heteroatoms. The van der Waals surface area contributed by atoms with Gasteiger partial charge < -0.3 is 9.64 Å². The molecule has 0 radical (unpaired) electrons. The zero-order valence-corrected chi connectivity index (χ0v) is 17.1. The molecule has 0 atom stereocenters. The molecule has 0 aromatic carbocycles. The lowest BCUT2D eigenvalue weighted by molar-refractivity contribution is 0.0918. The van der Waals surface area contributed by atoms with Crippen molar-refractivity contribution in [2.45, 2.75) is 52.2 Å². The monoisotopic (exact) mass is 423 g/mol. The van der Waals surface area contributed by atoms with E-state index in [1.54, 1.807) is 4.90 Å². The van der Waals surface area contributed by atoms with Gasteiger partial charge in [-0.1, -0.05) is 12.8 Å². The molecule has 3 rings (SSSR count). The number of hydrogen-bond acceptors (Lipinski definition) is 5. The van der Waals surface area contributed by atoms with Crippen LogP contribution in [0.25, 0.3) is 11.4 Å². The van der Waals surface area contributed by atoms with E-state index in [2.05, 4.69) is 25.3 Å². The van der Waals surface area contributed by atoms with Crippen LogP contribution in [0.15, 0.2) is 16.6 Å². The van der Waals surface area contributed by atoms with Crippen LogP contribution in [0, 0.1) is 13.8 Å². The molecule has 2 aromatic rings. The third kappa shape index (κ3) is 4.03. The minimum absolute atomic E-state index is 0.227. The first-order chi connectivity index (χ1) is 12.0. The van der Waals surface area contributed by atoms with E-state index in [1.807, 2.05) is 33.0 Å². The maximum atomic E-state index is 12.3. The van der Waals surface area contributed by atoms with Crippen LogP contribution < -0.4 is 0 Å². The van der Waals surface area contributed by atoms with Crippen molar-refractivity contribution in [3.63, 3.8) is 0 Å². The fraction of sp³-hybridized carbons (Fsp3) is 0.500. The number of ether oxygens (including phenoxy) is 1. The third-order valence-electron chi connectivity index (χ3n) is 4.75. The number of aromatic nitrogens is 2. The standard InChI is InChI=1S/C18H22BrN3O2S/c1-11-15(19)8-9-16(20-11)17-14(12(2)25-21-17)10-24-18(23)22(3)13-6-4-5-7-13/h8-9,13H,4-7,10H2,1-3H3. The molecule has 0 saturated heterocycles. The van der Waals surface area contributed by atoms with Crippen LogP contribution in [-0.4, -0.2) is 33.4 Å². The second kappa shape index (κ2) is 7.83. The largest absolute Gasteiger partial charge is 0.444 e. The third-order valence-corrected chi connectivity index (χ3v) is 6.38. The summed E-state index contributed by atoms with van der Waals surface area (Å²) >= 11 is 4.88. The highest BCUT2D eigenvalue weighted by molar-refractivity contribution is 9.10. The fourth-order valence-electron chi connectivity index (χ4n) is 3.11. The molecule has 5 nitrogen and oxygen atoms in total. The van der Waals surface area contributed by atoms with Gasteiger partial charge in [0, 0.05) is 28.0 Å². The molecule has 134 valence electrons. The Bertz CT molecular complexity index is 772. The van der Waals surface area contributed by atoms with Gasteiger partial charge >= 0.3 is 6.09 Å². The van der Waals surface area contributed by atoms with Crippen LogP contribution >= 0.6 is 27.5 Å². The van der Waals surface area contributed by atoms with E-state index >= 15 is 0 Å². The van der Waals surface area contributed by atoms with Gasteiger partial charge in [-0.3, -0.25) is 4.98 Å². The lowest BCUT2D eigenvalue weighted by Gasteiger charge is -2.23. The molecule has 25 heavy (non-hydrogen) atoms. The van der Waals surface area contributed by atoms with Gasteiger partial charge in [0.25, 0.3) is 0 Å². The highest BCUT2D eigenvalue weighted by atomic mass is 79.9. The molecule has 1 amide bonds. The quantitative estimate of drug-likeness (QED) is 0.686. The highest BCUT2D eigenvalue weighted by Crippen LogP contribution is 2.29. The van der Waals surface area contributed by atoms with Gasteiger partial charge in [-0.2, -0.15) is 4.37 Å². The van der Waals surface area contributed by atoms with E-state index < -0.39 is 0 Å². The van der Waals surface area contributed by atoms with E-state index in [9.17, 15) is 4.79 Å². The number of hydrogen-bond donors (Lipinski definition) is 0. The van der Waals surface area contributed by atoms with Crippen LogP contribution in [-0.2, 0) is 11.3 Å². The predicted octanol–water partition coefficient (Wildman–Crippen LogP) is 5.10. The molecule has 2 aromatic heterocycles. The number of halogens is 1. The molecule has 1 aliphatic carbocycles. The Kier molecular flexibility index (Phi) is 5.74. The van der Waals surface area contributed by atoms with Crippen LogP contribution in [0.5, 0.6) is 0 Å². The number of carbonyl (C=O) groups is 1. The predicted molar refractivity (Wildman–Crippen MR) is 103 cm³/mol. The minimum atomic E-state index is -0.261. The minimum Gasteiger partial charge on any atom is -0.444 e. The lowest BCUT2D eigenvalue weighted by atomic mass is 10.1. The summed E-state index contributed by atoms with van der Waals surface area (Å²) < 4.78 is 11.1. The van der Waals surface area contributed by atoms with E-state index in [0.29, 0.717) is 6.04 Å². The average molecular weight is 424 g/mol. The Balaban J connectivity index is 1.73. The summed E-state index contributed by atoms with van der Waals surface area (Å²) in [5.41, 5.74) is 3.45. The van der Waals surface area contributed by atoms with Gasteiger partial charge in [-0.05, 0) is 66.3 Å². The van der Waals surface area contributed by atoms with Crippen molar-refractivity contribution < 1.29 is 9.53 Å². The first-order valence-corrected chi connectivity index (χ1v) is 10.0. The molecule has 0 spiro atoms. The van der Waals surface area contributed by atoms with Crippen molar-refractivity contribution in [1.82, 2.24) is 14.3 Å². The topological polar surface area (TPSA) is 55.3 Å². The lowest BCUT2D eigenvalue weighted by Crippen LogP contribution is -2.35. The average Bonchev–Trinajstić information content (AvgIpc) is 3.24. The van der Waals surface area contributed by atoms with Crippen LogP contribution in [0.2, 0.25) is 0 Å². The highest BCUT2D eigenvalue weighted by Gasteiger charge is 2.25. The molecule has 2 heterocycles. The number of carbonyl (C=O) groups excluding carboxylic acids is 1. The zero-order chi connectivity index (χ0) is 18.0. The van der Waals surface area contributed by atoms with Gasteiger partial charge in [0.05, 0.1) is 11.4 Å². The van der Waals surface area contributed by atoms with Crippen molar-refractivity contribution in [3.05, 3.63) is 32.7 Å². The Morgan fingerprint density at radius 1 is 1.36 bits per heavy atom. The van der Waals surface area contributed by atoms with E-state index in [1.165, 1.54) is 24.4 Å². The van der Waals surface area contributed by atoms with Crippen molar-refractivity contribution in [3.8, 4) is 11.4 Å². The summed E-state index contributed by atoms with van der Waals surface area (Å²) in [7, 11) is 1.83. The van der Waals surface area contributed by atoms with Gasteiger partial charge in [0.1, 0.15) is 12.3 Å². The number of pyridine rings is 1. The molecule has 0 unspecified atom stereocenters. The Morgan fingerprint density at radius 2 is 2.08 bits per heavy atom. The Hall–Kier alpha value is -1.47. The second-order valence-electron chi connectivity index (χ2n) is 6.43. The molecule has 0 aliphatic heterocycles. The van der Waals surface area contributed by atoms with Gasteiger partial charge in [0.2, 0.25) is 0 Å². The van der Waals surface area contributed by atoms with E-state index in [-0.39, 0.29) is 12.7 Å².